The first-order valence-electron chi connectivity index (χ1n) is 23.7. The number of nitrogens with zero attached hydrogens (tertiary/aromatic N) is 3. The van der Waals surface area contributed by atoms with Crippen LogP contribution in [0.25, 0.3) is 33.4 Å². The van der Waals surface area contributed by atoms with Gasteiger partial charge in [0.2, 0.25) is 16.2 Å². The molecule has 1 aliphatic carbocycles. The van der Waals surface area contributed by atoms with Crippen molar-refractivity contribution in [2.75, 3.05) is 51.7 Å². The Morgan fingerprint density at radius 2 is 1.53 bits per heavy atom. The first-order valence-corrected chi connectivity index (χ1v) is 27.1. The zero-order chi connectivity index (χ0) is 55.4. The molecule has 0 unspecified atom stereocenters. The molecule has 77 heavy (non-hydrogen) atoms. The van der Waals surface area contributed by atoms with Gasteiger partial charge < -0.3 is 50.0 Å². The van der Waals surface area contributed by atoms with Gasteiger partial charge in [0.15, 0.2) is 11.3 Å². The van der Waals surface area contributed by atoms with Gasteiger partial charge in [0.1, 0.15) is 26.5 Å². The number of nitrogen functional groups attached to an aromatic ring is 1. The van der Waals surface area contributed by atoms with Crippen LogP contribution < -0.4 is 37.2 Å². The van der Waals surface area contributed by atoms with Crippen molar-refractivity contribution in [3.63, 3.8) is 0 Å². The van der Waals surface area contributed by atoms with Crippen LogP contribution in [-0.4, -0.2) is 116 Å². The summed E-state index contributed by atoms with van der Waals surface area (Å²) in [4.78, 5) is 49.3. The van der Waals surface area contributed by atoms with E-state index in [-0.39, 0.29) is 78.7 Å². The maximum Gasteiger partial charge on any atom is 0.336 e. The minimum atomic E-state index is -5.41. The van der Waals surface area contributed by atoms with Crippen molar-refractivity contribution < 1.29 is 74.3 Å². The molecule has 0 atom stereocenters. The molecule has 2 heterocycles. The van der Waals surface area contributed by atoms with Gasteiger partial charge in [-0.3, -0.25) is 24.3 Å². The lowest BCUT2D eigenvalue weighted by atomic mass is 9.89. The third-order valence-corrected chi connectivity index (χ3v) is 14.1. The highest BCUT2D eigenvalue weighted by Gasteiger charge is 2.32. The summed E-state index contributed by atoms with van der Waals surface area (Å²) in [5.41, 5.74) is 7.20. The molecular weight excluding hydrogens is 1060 g/mol. The number of rotatable bonds is 26. The highest BCUT2D eigenvalue weighted by molar-refractivity contribution is 7.86. The summed E-state index contributed by atoms with van der Waals surface area (Å²) in [6, 6.07) is 21.1. The zero-order valence-corrected chi connectivity index (χ0v) is 43.6. The van der Waals surface area contributed by atoms with Gasteiger partial charge in [-0.15, -0.1) is 16.7 Å². The number of aromatic nitrogens is 3. The van der Waals surface area contributed by atoms with Crippen LogP contribution in [0, 0.1) is 0 Å². The molecule has 7 rings (SSSR count). The number of carboxylic acid groups (broad SMARTS) is 1. The number of aryl methyl sites for hydroxylation is 1. The number of nitrogens with two attached hydrogens (primary N) is 2. The summed E-state index contributed by atoms with van der Waals surface area (Å²) in [5.74, 6) is -2.08. The Kier molecular flexibility index (Phi) is 18.8. The molecule has 23 nitrogen and oxygen atoms in total. The molecule has 4 aromatic carbocycles. The molecule has 1 aromatic heterocycles. The van der Waals surface area contributed by atoms with Gasteiger partial charge >= 0.3 is 16.1 Å². The molecule has 0 saturated heterocycles. The molecule has 406 valence electrons. The van der Waals surface area contributed by atoms with Crippen molar-refractivity contribution in [3.8, 4) is 28.2 Å². The topological polar surface area (TPSA) is 359 Å². The number of ether oxygens (including phenoxy) is 3. The van der Waals surface area contributed by atoms with E-state index in [0.717, 1.165) is 47.9 Å². The number of methoxy groups -OCH3 is 1. The van der Waals surface area contributed by atoms with Gasteiger partial charge in [-0.1, -0.05) is 35.5 Å². The van der Waals surface area contributed by atoms with Crippen molar-refractivity contribution >= 4 is 72.2 Å². The fourth-order valence-electron chi connectivity index (χ4n) is 8.23. The largest absolute Gasteiger partial charge is 0.744 e. The fraction of sp³-hybridized carbons (Fsp3) is 0.275. The zero-order valence-electron chi connectivity index (χ0n) is 41.2. The van der Waals surface area contributed by atoms with Crippen molar-refractivity contribution in [2.45, 2.75) is 55.1 Å². The van der Waals surface area contributed by atoms with Crippen LogP contribution in [0.1, 0.15) is 66.3 Å². The number of alkyl halides is 1. The summed E-state index contributed by atoms with van der Waals surface area (Å²) in [7, 11) is -8.95. The number of carboxylic acids is 1. The number of hydrogen-bond acceptors (Lipinski definition) is 16. The molecule has 3 amide bonds. The van der Waals surface area contributed by atoms with Crippen LogP contribution >= 0.6 is 11.6 Å². The highest BCUT2D eigenvalue weighted by Crippen LogP contribution is 2.45. The highest BCUT2D eigenvalue weighted by atomic mass is 35.5. The molecule has 26 heteroatoms. The Morgan fingerprint density at radius 1 is 0.818 bits per heavy atom. The monoisotopic (exact) mass is 1120 g/mol. The smallest absolute Gasteiger partial charge is 0.336 e. The minimum absolute atomic E-state index is 0.0802. The molecule has 2 aliphatic rings. The molecule has 0 bridgehead atoms. The van der Waals surface area contributed by atoms with E-state index in [1.165, 1.54) is 34.5 Å². The van der Waals surface area contributed by atoms with Crippen molar-refractivity contribution in [2.24, 2.45) is 0 Å². The molecule has 9 N–H and O–H groups in total. The molecule has 0 spiro atoms. The Morgan fingerprint density at radius 3 is 2.25 bits per heavy atom. The van der Waals surface area contributed by atoms with Gasteiger partial charge in [-0.25, -0.2) is 17.9 Å². The number of hydrogen-bond donors (Lipinski definition) is 7. The number of halogens is 1. The first-order chi connectivity index (χ1) is 36.8. The predicted molar refractivity (Wildman–Crippen MR) is 276 cm³/mol. The lowest BCUT2D eigenvalue weighted by molar-refractivity contribution is -0.176. The fourth-order valence-corrected chi connectivity index (χ4v) is 9.85. The number of aromatic carboxylic acids is 1. The summed E-state index contributed by atoms with van der Waals surface area (Å²) in [6.45, 7) is 1.80. The number of amides is 3. The second-order valence-corrected chi connectivity index (χ2v) is 20.3. The van der Waals surface area contributed by atoms with E-state index in [1.54, 1.807) is 37.6 Å². The van der Waals surface area contributed by atoms with Gasteiger partial charge in [0.05, 0.1) is 64.1 Å². The SMILES string of the molecule is COc1cc(CCCCl)ccc1CCOCCNC(=O)c1ccc(CNC(=O)CCOCCn2cc(CNC(=O)c3ccc(-c4c5ccc(=[NH2+])c(S(=O)(=O)O)c-5oc5c(S(=O)(=O)[O-])c(N)ccc45)c(C(=O)O)c3)nn2)cc1. The summed E-state index contributed by atoms with van der Waals surface area (Å²) < 4.78 is 96.4. The molecule has 1 aliphatic heterocycles. The average Bonchev–Trinajstić information content (AvgIpc) is 4.02. The molecular formula is C51H53ClN8O15S2. The van der Waals surface area contributed by atoms with Gasteiger partial charge in [0, 0.05) is 59.1 Å². The third kappa shape index (κ3) is 14.4. The van der Waals surface area contributed by atoms with Crippen molar-refractivity contribution in [3.05, 3.63) is 136 Å². The van der Waals surface area contributed by atoms with E-state index in [9.17, 15) is 50.2 Å². The number of fused-ring (bicyclic) bond motifs is 2. The second-order valence-electron chi connectivity index (χ2n) is 17.2. The van der Waals surface area contributed by atoms with E-state index in [4.69, 9.17) is 41.4 Å². The minimum Gasteiger partial charge on any atom is -0.744 e. The van der Waals surface area contributed by atoms with Gasteiger partial charge in [-0.05, 0) is 90.0 Å². The average molecular weight is 1120 g/mol. The van der Waals surface area contributed by atoms with Crippen LogP contribution in [0.5, 0.6) is 5.75 Å². The predicted octanol–water partition coefficient (Wildman–Crippen LogP) is 2.71. The van der Waals surface area contributed by atoms with E-state index in [2.05, 4.69) is 32.3 Å². The van der Waals surface area contributed by atoms with Gasteiger partial charge in [0.25, 0.3) is 11.8 Å². The Balaban J connectivity index is 0.849. The number of anilines is 1. The summed E-state index contributed by atoms with van der Waals surface area (Å²) in [6.07, 6.45) is 4.07. The van der Waals surface area contributed by atoms with Crippen LogP contribution in [0.15, 0.2) is 105 Å². The van der Waals surface area contributed by atoms with E-state index >= 15 is 0 Å². The van der Waals surface area contributed by atoms with E-state index in [1.807, 2.05) is 12.1 Å². The normalized spacial score (nSPS) is 11.7. The van der Waals surface area contributed by atoms with Gasteiger partial charge in [-0.2, -0.15) is 8.42 Å². The van der Waals surface area contributed by atoms with E-state index < -0.39 is 69.9 Å². The maximum absolute atomic E-state index is 13.4. The standard InChI is InChI=1S/C51H53ClN8O15S2/c1-72-42-25-30(3-2-18-52)4-7-32(42)16-21-73-23-19-55-49(62)33-8-5-31(6-9-33)27-56-43(61)17-22-74-24-20-60-29-35(58-59-60)28-57-50(63)34-10-11-36(39(26-34)51(64)65)44-37-12-14-40(53)47(76(66,67)68)45(37)75-46-38(44)13-15-41(54)48(46)77(69,70)71/h4-15,25-26,29,53H,2-3,16-24,27-28,54H2,1H3,(H,55,62)(H,56,61)(H,57,63)(H,64,65)(H,66,67,68)(H,69,70,71). The maximum atomic E-state index is 13.4. The molecule has 0 saturated carbocycles. The number of carbonyl (C=O) groups is 4. The Hall–Kier alpha value is -7.78. The van der Waals surface area contributed by atoms with Crippen LogP contribution in [0.2, 0.25) is 0 Å². The van der Waals surface area contributed by atoms with Crippen molar-refractivity contribution in [1.82, 2.24) is 30.9 Å². The number of carbonyl (C=O) groups excluding carboxylic acids is 3. The first kappa shape index (κ1) is 56.9. The second kappa shape index (κ2) is 25.4. The lowest BCUT2D eigenvalue weighted by Crippen LogP contribution is -2.47. The van der Waals surface area contributed by atoms with E-state index in [0.29, 0.717) is 43.3 Å². The number of benzene rings is 5. The van der Waals surface area contributed by atoms with Crippen LogP contribution in [0.4, 0.5) is 5.69 Å². The molecule has 5 aromatic rings. The Labute approximate surface area is 446 Å². The number of nitrogens with one attached hydrogen (secondary N) is 3. The van der Waals surface area contributed by atoms with Crippen LogP contribution in [-0.2, 0) is 67.0 Å². The molecule has 0 radical (unpaired) electrons. The quantitative estimate of drug-likeness (QED) is 0.0135. The third-order valence-electron chi connectivity index (χ3n) is 12.0. The van der Waals surface area contributed by atoms with Crippen molar-refractivity contribution in [1.29, 1.82) is 0 Å². The summed E-state index contributed by atoms with van der Waals surface area (Å²) in [5, 5.41) is 31.9. The van der Waals surface area contributed by atoms with Crippen LogP contribution in [0.3, 0.4) is 0 Å². The Bertz CT molecular complexity index is 3590. The molecule has 0 fully saturated rings. The summed E-state index contributed by atoms with van der Waals surface area (Å²) >= 11 is 5.81. The lowest BCUT2D eigenvalue weighted by Gasteiger charge is -2.21.